The van der Waals surface area contributed by atoms with Crippen molar-refractivity contribution in [3.05, 3.63) is 33.9 Å². The van der Waals surface area contributed by atoms with Gasteiger partial charge >= 0.3 is 12.2 Å². The van der Waals surface area contributed by atoms with Crippen molar-refractivity contribution in [3.63, 3.8) is 0 Å². The third kappa shape index (κ3) is 4.93. The number of nitro benzene ring substituents is 1. The van der Waals surface area contributed by atoms with Crippen LogP contribution in [0.15, 0.2) is 18.2 Å². The van der Waals surface area contributed by atoms with Gasteiger partial charge in [0.05, 0.1) is 17.2 Å². The van der Waals surface area contributed by atoms with Crippen molar-refractivity contribution in [2.45, 2.75) is 51.7 Å². The number of imide groups is 1. The van der Waals surface area contributed by atoms with Crippen LogP contribution in [0.2, 0.25) is 0 Å². The van der Waals surface area contributed by atoms with Gasteiger partial charge in [-0.1, -0.05) is 20.8 Å². The molecule has 1 saturated carbocycles. The Hall–Kier alpha value is -2.89. The number of piperazine rings is 1. The number of carbonyl (C=O) groups excluding carboxylic acids is 2. The summed E-state index contributed by atoms with van der Waals surface area (Å²) in [5.74, 6) is 0.0777. The predicted molar refractivity (Wildman–Crippen MR) is 122 cm³/mol. The minimum atomic E-state index is -4.67. The number of alkyl halides is 3. The molecule has 3 aliphatic rings. The summed E-state index contributed by atoms with van der Waals surface area (Å²) < 4.78 is 39.0. The fourth-order valence-electron chi connectivity index (χ4n) is 6.08. The summed E-state index contributed by atoms with van der Waals surface area (Å²) in [5, 5.41) is 14.4. The molecule has 2 unspecified atom stereocenters. The van der Waals surface area contributed by atoms with E-state index in [4.69, 9.17) is 0 Å². The van der Waals surface area contributed by atoms with Crippen molar-refractivity contribution < 1.29 is 27.7 Å². The number of benzene rings is 1. The quantitative estimate of drug-likeness (QED) is 0.386. The van der Waals surface area contributed by atoms with E-state index in [1.165, 1.54) is 4.90 Å². The summed E-state index contributed by atoms with van der Waals surface area (Å²) >= 11 is 0. The zero-order chi connectivity index (χ0) is 25.8. The lowest BCUT2D eigenvalue weighted by molar-refractivity contribution is -0.384. The maximum Gasteiger partial charge on any atom is 0.416 e. The highest BCUT2D eigenvalue weighted by Gasteiger charge is 2.56. The van der Waals surface area contributed by atoms with Gasteiger partial charge in [-0.3, -0.25) is 19.8 Å². The first kappa shape index (κ1) is 25.2. The molecule has 3 fully saturated rings. The number of rotatable bonds is 4. The van der Waals surface area contributed by atoms with Crippen LogP contribution in [0.4, 0.5) is 29.3 Å². The van der Waals surface area contributed by atoms with Crippen molar-refractivity contribution in [1.29, 1.82) is 0 Å². The van der Waals surface area contributed by atoms with Crippen LogP contribution < -0.4 is 10.2 Å². The smallest absolute Gasteiger partial charge is 0.363 e. The Morgan fingerprint density at radius 2 is 1.80 bits per heavy atom. The molecule has 0 aromatic heterocycles. The van der Waals surface area contributed by atoms with Crippen LogP contribution in [0.3, 0.4) is 0 Å². The lowest BCUT2D eigenvalue weighted by Crippen LogP contribution is -2.55. The van der Waals surface area contributed by atoms with E-state index in [9.17, 15) is 32.9 Å². The SMILES string of the molecule is CC1CC(C)(C)CC2(C1)NC(=O)N(CN1CCN(c3ccc(C(F)(F)F)cc3[N+](=O)[O-])CC1)C2=O. The molecule has 0 radical (unpaired) electrons. The lowest BCUT2D eigenvalue weighted by atomic mass is 9.64. The van der Waals surface area contributed by atoms with Gasteiger partial charge in [0.25, 0.3) is 11.6 Å². The van der Waals surface area contributed by atoms with E-state index in [1.54, 1.807) is 4.90 Å². The number of amides is 3. The van der Waals surface area contributed by atoms with E-state index < -0.39 is 33.9 Å². The zero-order valence-corrected chi connectivity index (χ0v) is 20.0. The van der Waals surface area contributed by atoms with Gasteiger partial charge < -0.3 is 10.2 Å². The summed E-state index contributed by atoms with van der Waals surface area (Å²) in [6, 6.07) is 2.11. The highest BCUT2D eigenvalue weighted by Crippen LogP contribution is 2.46. The Morgan fingerprint density at radius 1 is 1.14 bits per heavy atom. The first-order chi connectivity index (χ1) is 16.2. The van der Waals surface area contributed by atoms with Gasteiger partial charge in [0.15, 0.2) is 0 Å². The fraction of sp³-hybridized carbons (Fsp3) is 0.652. The zero-order valence-electron chi connectivity index (χ0n) is 20.0. The third-order valence-corrected chi connectivity index (χ3v) is 7.18. The van der Waals surface area contributed by atoms with Crippen LogP contribution in [-0.4, -0.2) is 65.0 Å². The number of nitrogens with zero attached hydrogens (tertiary/aromatic N) is 4. The van der Waals surface area contributed by atoms with E-state index in [1.807, 2.05) is 4.90 Å². The Balaban J connectivity index is 1.43. The van der Waals surface area contributed by atoms with Crippen LogP contribution in [0.25, 0.3) is 0 Å². The highest BCUT2D eigenvalue weighted by molar-refractivity contribution is 6.07. The van der Waals surface area contributed by atoms with Crippen molar-refractivity contribution in [1.82, 2.24) is 15.1 Å². The second-order valence-electron chi connectivity index (χ2n) is 10.8. The van der Waals surface area contributed by atoms with Gasteiger partial charge in [-0.15, -0.1) is 0 Å². The molecule has 2 saturated heterocycles. The standard InChI is InChI=1S/C23H30F3N5O4/c1-15-11-21(2,3)13-22(12-15)19(32)30(20(33)27-22)14-28-6-8-29(9-7-28)17-5-4-16(23(24,25)26)10-18(17)31(34)35/h4-5,10,15H,6-9,11-14H2,1-3H3,(H,27,33). The summed E-state index contributed by atoms with van der Waals surface area (Å²) in [7, 11) is 0. The third-order valence-electron chi connectivity index (χ3n) is 7.18. The van der Waals surface area contributed by atoms with Gasteiger partial charge in [0.1, 0.15) is 11.2 Å². The molecular weight excluding hydrogens is 467 g/mol. The summed E-state index contributed by atoms with van der Waals surface area (Å²) in [6.07, 6.45) is -2.51. The summed E-state index contributed by atoms with van der Waals surface area (Å²) in [5.41, 5.74) is -2.51. The Morgan fingerprint density at radius 3 is 2.37 bits per heavy atom. The van der Waals surface area contributed by atoms with E-state index in [2.05, 4.69) is 26.1 Å². The van der Waals surface area contributed by atoms with Gasteiger partial charge in [-0.05, 0) is 42.7 Å². The number of nitrogens with one attached hydrogen (secondary N) is 1. The number of carbonyl (C=O) groups is 2. The molecule has 2 atom stereocenters. The van der Waals surface area contributed by atoms with E-state index >= 15 is 0 Å². The molecule has 1 aliphatic carbocycles. The van der Waals surface area contributed by atoms with E-state index in [-0.39, 0.29) is 23.7 Å². The van der Waals surface area contributed by atoms with E-state index in [0.29, 0.717) is 51.0 Å². The average molecular weight is 498 g/mol. The number of halogens is 3. The van der Waals surface area contributed by atoms with Crippen molar-refractivity contribution in [2.24, 2.45) is 11.3 Å². The normalized spacial score (nSPS) is 27.4. The van der Waals surface area contributed by atoms with Gasteiger partial charge in [0.2, 0.25) is 0 Å². The first-order valence-electron chi connectivity index (χ1n) is 11.7. The molecule has 1 N–H and O–H groups in total. The topological polar surface area (TPSA) is 99.0 Å². The maximum atomic E-state index is 13.4. The molecular formula is C23H30F3N5O4. The molecule has 3 amide bonds. The van der Waals surface area contributed by atoms with Crippen LogP contribution in [0.1, 0.15) is 45.6 Å². The molecule has 0 bridgehead atoms. The van der Waals surface area contributed by atoms with Crippen LogP contribution in [-0.2, 0) is 11.0 Å². The minimum absolute atomic E-state index is 0.0708. The van der Waals surface area contributed by atoms with Crippen molar-refractivity contribution in [2.75, 3.05) is 37.7 Å². The summed E-state index contributed by atoms with van der Waals surface area (Å²) in [6.45, 7) is 7.80. The summed E-state index contributed by atoms with van der Waals surface area (Å²) in [4.78, 5) is 41.5. The molecule has 2 aliphatic heterocycles. The lowest BCUT2D eigenvalue weighted by Gasteiger charge is -2.44. The second-order valence-corrected chi connectivity index (χ2v) is 10.8. The average Bonchev–Trinajstić information content (AvgIpc) is 2.94. The number of urea groups is 1. The Labute approximate surface area is 201 Å². The molecule has 2 heterocycles. The highest BCUT2D eigenvalue weighted by atomic mass is 19.4. The molecule has 4 rings (SSSR count). The Kier molecular flexibility index (Phi) is 6.23. The molecule has 12 heteroatoms. The van der Waals surface area contributed by atoms with Gasteiger partial charge in [-0.25, -0.2) is 9.69 Å². The number of hydrogen-bond acceptors (Lipinski definition) is 6. The molecule has 1 aromatic carbocycles. The molecule has 1 aromatic rings. The van der Waals surface area contributed by atoms with E-state index in [0.717, 1.165) is 18.6 Å². The van der Waals surface area contributed by atoms with Crippen molar-refractivity contribution in [3.8, 4) is 0 Å². The molecule has 192 valence electrons. The van der Waals surface area contributed by atoms with Crippen LogP contribution in [0, 0.1) is 21.4 Å². The Bertz CT molecular complexity index is 1040. The predicted octanol–water partition coefficient (Wildman–Crippen LogP) is 3.83. The second kappa shape index (κ2) is 8.65. The fourth-order valence-corrected chi connectivity index (χ4v) is 6.08. The minimum Gasteiger partial charge on any atom is -0.363 e. The molecule has 35 heavy (non-hydrogen) atoms. The molecule has 9 nitrogen and oxygen atoms in total. The number of anilines is 1. The monoisotopic (exact) mass is 497 g/mol. The largest absolute Gasteiger partial charge is 0.416 e. The van der Waals surface area contributed by atoms with Gasteiger partial charge in [0, 0.05) is 32.2 Å². The first-order valence-corrected chi connectivity index (χ1v) is 11.7. The number of hydrogen-bond donors (Lipinski definition) is 1. The number of nitro groups is 1. The van der Waals surface area contributed by atoms with Gasteiger partial charge in [-0.2, -0.15) is 13.2 Å². The van der Waals surface area contributed by atoms with Crippen LogP contribution >= 0.6 is 0 Å². The maximum absolute atomic E-state index is 13.4. The van der Waals surface area contributed by atoms with Crippen molar-refractivity contribution >= 4 is 23.3 Å². The van der Waals surface area contributed by atoms with Crippen LogP contribution in [0.5, 0.6) is 0 Å². The molecule has 1 spiro atoms.